The molecule has 0 spiro atoms. The van der Waals surface area contributed by atoms with Crippen molar-refractivity contribution in [2.45, 2.75) is 20.3 Å². The summed E-state index contributed by atoms with van der Waals surface area (Å²) < 4.78 is 5.57. The molecule has 1 N–H and O–H groups in total. The number of aryl methyl sites for hydroxylation is 2. The van der Waals surface area contributed by atoms with Crippen LogP contribution in [0.4, 0.5) is 11.4 Å². The number of benzene rings is 2. The van der Waals surface area contributed by atoms with Crippen molar-refractivity contribution >= 4 is 17.3 Å². The minimum atomic E-state index is -0.501. The fraction of sp³-hybridized carbons (Fsp3) is 0.235. The van der Waals surface area contributed by atoms with E-state index in [4.69, 9.17) is 4.74 Å². The van der Waals surface area contributed by atoms with Crippen LogP contribution < -0.4 is 10.1 Å². The lowest BCUT2D eigenvalue weighted by atomic mass is 10.1. The summed E-state index contributed by atoms with van der Waals surface area (Å²) in [6.07, 6.45) is 0.162. The van der Waals surface area contributed by atoms with Crippen LogP contribution in [0, 0.1) is 24.0 Å². The molecule has 0 aliphatic heterocycles. The summed E-state index contributed by atoms with van der Waals surface area (Å²) in [5.41, 5.74) is 2.53. The van der Waals surface area contributed by atoms with Crippen LogP contribution in [0.1, 0.15) is 17.5 Å². The van der Waals surface area contributed by atoms with Crippen LogP contribution in [-0.2, 0) is 4.79 Å². The largest absolute Gasteiger partial charge is 0.493 e. The highest BCUT2D eigenvalue weighted by Crippen LogP contribution is 2.18. The van der Waals surface area contributed by atoms with E-state index in [1.807, 2.05) is 32.0 Å². The van der Waals surface area contributed by atoms with Crippen molar-refractivity contribution in [3.8, 4) is 5.75 Å². The number of rotatable bonds is 6. The molecule has 23 heavy (non-hydrogen) atoms. The Morgan fingerprint density at radius 1 is 1.17 bits per heavy atom. The quantitative estimate of drug-likeness (QED) is 0.652. The maximum absolute atomic E-state index is 11.9. The van der Waals surface area contributed by atoms with Crippen molar-refractivity contribution in [1.29, 1.82) is 0 Å². The highest BCUT2D eigenvalue weighted by Gasteiger charge is 2.08. The lowest BCUT2D eigenvalue weighted by Gasteiger charge is -2.09. The maximum atomic E-state index is 11.9. The first-order chi connectivity index (χ1) is 10.9. The number of nitrogens with zero attached hydrogens (tertiary/aromatic N) is 1. The third-order valence-electron chi connectivity index (χ3n) is 3.13. The number of non-ortho nitro benzene ring substituents is 1. The molecule has 6 nitrogen and oxygen atoms in total. The second-order valence-electron chi connectivity index (χ2n) is 5.28. The predicted octanol–water partition coefficient (Wildman–Crippen LogP) is 3.62. The molecule has 0 saturated carbocycles. The topological polar surface area (TPSA) is 81.5 Å². The Balaban J connectivity index is 1.85. The Labute approximate surface area is 134 Å². The van der Waals surface area contributed by atoms with Gasteiger partial charge in [-0.1, -0.05) is 12.1 Å². The van der Waals surface area contributed by atoms with Gasteiger partial charge in [0.05, 0.1) is 18.0 Å². The summed E-state index contributed by atoms with van der Waals surface area (Å²) in [6, 6.07) is 11.7. The van der Waals surface area contributed by atoms with Crippen molar-refractivity contribution in [2.24, 2.45) is 0 Å². The van der Waals surface area contributed by atoms with E-state index in [9.17, 15) is 14.9 Å². The van der Waals surface area contributed by atoms with E-state index in [1.165, 1.54) is 18.2 Å². The van der Waals surface area contributed by atoms with Crippen molar-refractivity contribution < 1.29 is 14.5 Å². The molecule has 0 radical (unpaired) electrons. The molecule has 0 saturated heterocycles. The molecule has 120 valence electrons. The number of anilines is 1. The zero-order valence-corrected chi connectivity index (χ0v) is 13.0. The second kappa shape index (κ2) is 7.40. The normalized spacial score (nSPS) is 10.2. The van der Waals surface area contributed by atoms with Gasteiger partial charge in [0.1, 0.15) is 5.75 Å². The van der Waals surface area contributed by atoms with Crippen LogP contribution >= 0.6 is 0 Å². The smallest absolute Gasteiger partial charge is 0.271 e. The van der Waals surface area contributed by atoms with Gasteiger partial charge in [-0.15, -0.1) is 0 Å². The first-order valence-electron chi connectivity index (χ1n) is 7.19. The summed E-state index contributed by atoms with van der Waals surface area (Å²) >= 11 is 0. The van der Waals surface area contributed by atoms with Crippen molar-refractivity contribution in [3.63, 3.8) is 0 Å². The Morgan fingerprint density at radius 2 is 1.87 bits per heavy atom. The number of amides is 1. The summed E-state index contributed by atoms with van der Waals surface area (Å²) in [5, 5.41) is 13.3. The van der Waals surface area contributed by atoms with Crippen LogP contribution in [0.5, 0.6) is 5.75 Å². The average Bonchev–Trinajstić information content (AvgIpc) is 2.46. The van der Waals surface area contributed by atoms with Crippen molar-refractivity contribution in [1.82, 2.24) is 0 Å². The molecule has 2 rings (SSSR count). The van der Waals surface area contributed by atoms with E-state index in [-0.39, 0.29) is 24.6 Å². The molecular weight excluding hydrogens is 296 g/mol. The number of carbonyl (C=O) groups is 1. The SMILES string of the molecule is Cc1cc(C)cc(OCCC(=O)Nc2cccc([N+](=O)[O-])c2)c1. The standard InChI is InChI=1S/C17H18N2O4/c1-12-8-13(2)10-16(9-12)23-7-6-17(20)18-14-4-3-5-15(11-14)19(21)22/h3-5,8-11H,6-7H2,1-2H3,(H,18,20). The van der Waals surface area contributed by atoms with E-state index in [0.29, 0.717) is 5.69 Å². The van der Waals surface area contributed by atoms with Gasteiger partial charge >= 0.3 is 0 Å². The fourth-order valence-corrected chi connectivity index (χ4v) is 2.20. The number of ether oxygens (including phenoxy) is 1. The van der Waals surface area contributed by atoms with Crippen LogP contribution in [0.2, 0.25) is 0 Å². The van der Waals surface area contributed by atoms with Gasteiger partial charge in [0, 0.05) is 17.8 Å². The van der Waals surface area contributed by atoms with E-state index in [2.05, 4.69) is 5.32 Å². The third kappa shape index (κ3) is 5.10. The molecular formula is C17H18N2O4. The molecule has 6 heteroatoms. The van der Waals surface area contributed by atoms with Crippen LogP contribution in [0.3, 0.4) is 0 Å². The van der Waals surface area contributed by atoms with Gasteiger partial charge in [-0.05, 0) is 43.2 Å². The van der Waals surface area contributed by atoms with Crippen molar-refractivity contribution in [3.05, 3.63) is 63.7 Å². The van der Waals surface area contributed by atoms with Gasteiger partial charge in [-0.2, -0.15) is 0 Å². The van der Waals surface area contributed by atoms with Gasteiger partial charge in [0.25, 0.3) is 5.69 Å². The maximum Gasteiger partial charge on any atom is 0.271 e. The van der Waals surface area contributed by atoms with E-state index in [1.54, 1.807) is 6.07 Å². The molecule has 0 atom stereocenters. The number of nitrogens with one attached hydrogen (secondary N) is 1. The van der Waals surface area contributed by atoms with E-state index in [0.717, 1.165) is 16.9 Å². The summed E-state index contributed by atoms with van der Waals surface area (Å²) in [6.45, 7) is 4.20. The number of hydrogen-bond donors (Lipinski definition) is 1. The zero-order valence-electron chi connectivity index (χ0n) is 13.0. The summed E-state index contributed by atoms with van der Waals surface area (Å²) in [7, 11) is 0. The minimum absolute atomic E-state index is 0.0608. The van der Waals surface area contributed by atoms with Gasteiger partial charge in [-0.3, -0.25) is 14.9 Å². The molecule has 0 bridgehead atoms. The van der Waals surface area contributed by atoms with Crippen LogP contribution in [0.25, 0.3) is 0 Å². The number of nitro groups is 1. The molecule has 1 amide bonds. The molecule has 0 unspecified atom stereocenters. The molecule has 2 aromatic carbocycles. The van der Waals surface area contributed by atoms with Crippen molar-refractivity contribution in [2.75, 3.05) is 11.9 Å². The monoisotopic (exact) mass is 314 g/mol. The molecule has 0 aromatic heterocycles. The highest BCUT2D eigenvalue weighted by molar-refractivity contribution is 5.91. The van der Waals surface area contributed by atoms with Gasteiger partial charge < -0.3 is 10.1 Å². The zero-order chi connectivity index (χ0) is 16.8. The highest BCUT2D eigenvalue weighted by atomic mass is 16.6. The molecule has 2 aromatic rings. The molecule has 0 aliphatic rings. The third-order valence-corrected chi connectivity index (χ3v) is 3.13. The van der Waals surface area contributed by atoms with Gasteiger partial charge in [0.15, 0.2) is 0 Å². The summed E-state index contributed by atoms with van der Waals surface area (Å²) in [5.74, 6) is 0.473. The van der Waals surface area contributed by atoms with Crippen LogP contribution in [-0.4, -0.2) is 17.4 Å². The lowest BCUT2D eigenvalue weighted by Crippen LogP contribution is -2.15. The molecule has 0 aliphatic carbocycles. The van der Waals surface area contributed by atoms with E-state index < -0.39 is 4.92 Å². The minimum Gasteiger partial charge on any atom is -0.493 e. The fourth-order valence-electron chi connectivity index (χ4n) is 2.20. The Hall–Kier alpha value is -2.89. The summed E-state index contributed by atoms with van der Waals surface area (Å²) in [4.78, 5) is 22.1. The Morgan fingerprint density at radius 3 is 2.52 bits per heavy atom. The van der Waals surface area contributed by atoms with E-state index >= 15 is 0 Å². The first kappa shape index (κ1) is 16.5. The Kier molecular flexibility index (Phi) is 5.30. The Bertz CT molecular complexity index is 708. The van der Waals surface area contributed by atoms with Crippen LogP contribution in [0.15, 0.2) is 42.5 Å². The number of nitro benzene ring substituents is 1. The average molecular weight is 314 g/mol. The lowest BCUT2D eigenvalue weighted by molar-refractivity contribution is -0.384. The second-order valence-corrected chi connectivity index (χ2v) is 5.28. The molecule has 0 heterocycles. The predicted molar refractivity (Wildman–Crippen MR) is 87.8 cm³/mol. The van der Waals surface area contributed by atoms with Gasteiger partial charge in [0.2, 0.25) is 5.91 Å². The van der Waals surface area contributed by atoms with Gasteiger partial charge in [-0.25, -0.2) is 0 Å². The number of carbonyl (C=O) groups excluding carboxylic acids is 1. The molecule has 0 fully saturated rings. The number of hydrogen-bond acceptors (Lipinski definition) is 4. The first-order valence-corrected chi connectivity index (χ1v) is 7.19.